The lowest BCUT2D eigenvalue weighted by atomic mass is 10.0. The molecule has 254 valence electrons. The first-order chi connectivity index (χ1) is 20.8. The van der Waals surface area contributed by atoms with E-state index in [-0.39, 0.29) is 16.0 Å². The number of carbonyl (C=O) groups excluding carboxylic acids is 2. The Morgan fingerprint density at radius 2 is 1.31 bits per heavy atom. The first-order valence-electron chi connectivity index (χ1n) is 12.0. The van der Waals surface area contributed by atoms with E-state index < -0.39 is 98.4 Å². The summed E-state index contributed by atoms with van der Waals surface area (Å²) in [5.74, 6) is -4.38. The van der Waals surface area contributed by atoms with Gasteiger partial charge in [-0.15, -0.1) is 4.36 Å². The summed E-state index contributed by atoms with van der Waals surface area (Å²) in [6, 6.07) is 2.54. The van der Waals surface area contributed by atoms with Gasteiger partial charge in [0.15, 0.2) is 12.0 Å². The number of hydrogen-bond acceptors (Lipinski definition) is 8. The van der Waals surface area contributed by atoms with Crippen molar-refractivity contribution in [2.75, 3.05) is 25.4 Å². The Hall–Kier alpha value is -3.27. The highest BCUT2D eigenvalue weighted by molar-refractivity contribution is 7.93. The molecule has 2 aromatic rings. The van der Waals surface area contributed by atoms with Crippen molar-refractivity contribution in [2.24, 2.45) is 10.1 Å². The smallest absolute Gasteiger partial charge is 0.387 e. The van der Waals surface area contributed by atoms with E-state index in [1.165, 1.54) is 0 Å². The number of aliphatic hydroxyl groups excluding tert-OH is 2. The van der Waals surface area contributed by atoms with Crippen LogP contribution in [-0.4, -0.2) is 80.5 Å². The fraction of sp³-hybridized carbons (Fsp3) is 0.417. The Bertz CT molecular complexity index is 1500. The van der Waals surface area contributed by atoms with Crippen LogP contribution < -0.4 is 11.1 Å². The van der Waals surface area contributed by atoms with Gasteiger partial charge in [0.2, 0.25) is 0 Å². The molecule has 0 radical (unpaired) electrons. The Labute approximate surface area is 251 Å². The molecule has 2 aromatic carbocycles. The highest BCUT2D eigenvalue weighted by atomic mass is 32.2. The highest BCUT2D eigenvalue weighted by Gasteiger charge is 2.40. The van der Waals surface area contributed by atoms with Gasteiger partial charge in [0.1, 0.15) is 38.9 Å². The minimum atomic E-state index is -5.37. The van der Waals surface area contributed by atoms with Crippen LogP contribution in [0, 0.1) is 4.78 Å². The van der Waals surface area contributed by atoms with Gasteiger partial charge in [-0.3, -0.25) is 9.59 Å². The van der Waals surface area contributed by atoms with Crippen molar-refractivity contribution < 1.29 is 67.7 Å². The summed E-state index contributed by atoms with van der Waals surface area (Å²) in [5, 5.41) is 21.2. The fourth-order valence-corrected chi connectivity index (χ4v) is 5.08. The van der Waals surface area contributed by atoms with Gasteiger partial charge in [0, 0.05) is 4.90 Å². The standard InChI is InChI=1S/C12H13F5N2O3S.C12H14F4N2O3S/c13-5-9(18)10(20)7-1-3-8(4-2-7)23(22,6-14)19-11(21)12(15,16)17;13-5-9(18-12(20)11(15)16)10(19)7-1-3-8(4-2-7)22(17,21)6-14/h1-4,9-10,20H,5-6,18H2;1-4,9-11,17,19H,5-6H2,(H,18,20)/t9-,10+,23?;9-,10-,22?/m01/s1. The normalized spacial score (nSPS) is 17.0. The number of rotatable bonds is 12. The van der Waals surface area contributed by atoms with Crippen LogP contribution in [0.15, 0.2) is 62.7 Å². The van der Waals surface area contributed by atoms with Crippen molar-refractivity contribution in [3.63, 3.8) is 0 Å². The van der Waals surface area contributed by atoms with Crippen molar-refractivity contribution in [3.05, 3.63) is 59.7 Å². The lowest BCUT2D eigenvalue weighted by Gasteiger charge is -2.22. The summed E-state index contributed by atoms with van der Waals surface area (Å²) in [6.07, 6.45) is -11.8. The van der Waals surface area contributed by atoms with Gasteiger partial charge in [0.25, 0.3) is 5.91 Å². The Morgan fingerprint density at radius 3 is 1.69 bits per heavy atom. The predicted octanol–water partition coefficient (Wildman–Crippen LogP) is 3.63. The number of hydrogen-bond donors (Lipinski definition) is 5. The van der Waals surface area contributed by atoms with E-state index in [0.717, 1.165) is 48.5 Å². The van der Waals surface area contributed by atoms with Crippen molar-refractivity contribution >= 4 is 31.3 Å². The van der Waals surface area contributed by atoms with Crippen molar-refractivity contribution in [3.8, 4) is 0 Å². The number of nitrogens with one attached hydrogen (secondary N) is 2. The largest absolute Gasteiger partial charge is 0.474 e. The number of carbonyl (C=O) groups is 2. The van der Waals surface area contributed by atoms with Crippen LogP contribution in [0.5, 0.6) is 0 Å². The topological polar surface area (TPSA) is 183 Å². The average molecular weight is 703 g/mol. The third kappa shape index (κ3) is 11.2. The number of nitrogens with two attached hydrogens (primary N) is 1. The fourth-order valence-electron chi connectivity index (χ4n) is 3.16. The SMILES string of the molecule is N=S(=O)(CF)c1ccc([C@@H](O)[C@@H](CF)NC(=O)C(F)F)cc1.N[C@@H](CF)[C@H](O)c1ccc(S(=O)(CF)=NC(=O)C(F)(F)F)cc1. The maximum Gasteiger partial charge on any atom is 0.474 e. The summed E-state index contributed by atoms with van der Waals surface area (Å²) < 4.78 is 144. The first-order valence-corrected chi connectivity index (χ1v) is 15.5. The van der Waals surface area contributed by atoms with Gasteiger partial charge < -0.3 is 21.3 Å². The molecule has 45 heavy (non-hydrogen) atoms. The van der Waals surface area contributed by atoms with Crippen LogP contribution in [0.25, 0.3) is 0 Å². The van der Waals surface area contributed by atoms with Crippen LogP contribution in [0.3, 0.4) is 0 Å². The lowest BCUT2D eigenvalue weighted by Crippen LogP contribution is -2.43. The van der Waals surface area contributed by atoms with E-state index in [1.807, 2.05) is 0 Å². The minimum Gasteiger partial charge on any atom is -0.387 e. The quantitative estimate of drug-likeness (QED) is 0.209. The molecule has 0 saturated heterocycles. The molecular weight excluding hydrogens is 675 g/mol. The Kier molecular flexibility index (Phi) is 14.9. The number of alkyl halides is 9. The molecule has 0 spiro atoms. The zero-order chi connectivity index (χ0) is 34.8. The molecule has 6 N–H and O–H groups in total. The summed E-state index contributed by atoms with van der Waals surface area (Å²) >= 11 is 0. The van der Waals surface area contributed by atoms with Crippen LogP contribution in [-0.2, 0) is 29.0 Å². The molecule has 21 heteroatoms. The summed E-state index contributed by atoms with van der Waals surface area (Å²) in [6.45, 7) is -2.32. The van der Waals surface area contributed by atoms with E-state index in [4.69, 9.17) is 10.5 Å². The molecule has 0 aliphatic heterocycles. The molecule has 0 heterocycles. The maximum absolute atomic E-state index is 12.9. The molecule has 0 fully saturated rings. The molecular formula is C24H27F9N4O6S2. The third-order valence-electron chi connectivity index (χ3n) is 5.62. The van der Waals surface area contributed by atoms with Gasteiger partial charge >= 0.3 is 18.5 Å². The number of benzene rings is 2. The maximum atomic E-state index is 12.9. The summed E-state index contributed by atoms with van der Waals surface area (Å²) in [4.78, 5) is 21.0. The molecule has 6 atom stereocenters. The second-order valence-electron chi connectivity index (χ2n) is 8.84. The van der Waals surface area contributed by atoms with Gasteiger partial charge in [-0.1, -0.05) is 24.3 Å². The molecule has 0 aliphatic carbocycles. The number of amides is 2. The second-order valence-corrected chi connectivity index (χ2v) is 13.0. The summed E-state index contributed by atoms with van der Waals surface area (Å²) in [5.41, 5.74) is 5.40. The average Bonchev–Trinajstić information content (AvgIpc) is 3.02. The van der Waals surface area contributed by atoms with Gasteiger partial charge in [0.05, 0.1) is 23.1 Å². The highest BCUT2D eigenvalue weighted by Crippen LogP contribution is 2.24. The van der Waals surface area contributed by atoms with Gasteiger partial charge in [-0.05, 0) is 35.4 Å². The molecule has 0 aromatic heterocycles. The zero-order valence-corrected chi connectivity index (χ0v) is 24.2. The van der Waals surface area contributed by atoms with E-state index >= 15 is 0 Å². The van der Waals surface area contributed by atoms with Crippen molar-refractivity contribution in [2.45, 2.75) is 46.7 Å². The number of nitrogens with zero attached hydrogens (tertiary/aromatic N) is 1. The number of halogens is 9. The van der Waals surface area contributed by atoms with Crippen molar-refractivity contribution in [1.82, 2.24) is 5.32 Å². The van der Waals surface area contributed by atoms with Gasteiger partial charge in [-0.25, -0.2) is 30.8 Å². The van der Waals surface area contributed by atoms with E-state index in [9.17, 15) is 67.7 Å². The van der Waals surface area contributed by atoms with Gasteiger partial charge in [-0.2, -0.15) is 22.0 Å². The van der Waals surface area contributed by atoms with E-state index in [1.54, 1.807) is 5.32 Å². The van der Waals surface area contributed by atoms with Crippen molar-refractivity contribution in [1.29, 1.82) is 4.78 Å². The van der Waals surface area contributed by atoms with Crippen LogP contribution in [0.2, 0.25) is 0 Å². The molecule has 2 rings (SSSR count). The van der Waals surface area contributed by atoms with Crippen LogP contribution >= 0.6 is 0 Å². The molecule has 2 unspecified atom stereocenters. The summed E-state index contributed by atoms with van der Waals surface area (Å²) in [7, 11) is -7.84. The molecule has 2 amide bonds. The van der Waals surface area contributed by atoms with E-state index in [2.05, 4.69) is 4.36 Å². The Balaban J connectivity index is 0.000000450. The number of aliphatic hydroxyl groups is 2. The predicted molar refractivity (Wildman–Crippen MR) is 142 cm³/mol. The zero-order valence-electron chi connectivity index (χ0n) is 22.6. The third-order valence-corrected chi connectivity index (χ3v) is 8.73. The monoisotopic (exact) mass is 702 g/mol. The molecule has 0 aliphatic rings. The second kappa shape index (κ2) is 16.9. The van der Waals surface area contributed by atoms with Crippen LogP contribution in [0.4, 0.5) is 39.5 Å². The molecule has 0 bridgehead atoms. The minimum absolute atomic E-state index is 0.0371. The Morgan fingerprint density at radius 1 is 0.844 bits per heavy atom. The van der Waals surface area contributed by atoms with E-state index in [0.29, 0.717) is 0 Å². The molecule has 10 nitrogen and oxygen atoms in total. The lowest BCUT2D eigenvalue weighted by molar-refractivity contribution is -0.169. The first kappa shape index (κ1) is 39.8. The molecule has 0 saturated carbocycles. The van der Waals surface area contributed by atoms with Crippen LogP contribution in [0.1, 0.15) is 23.3 Å².